The predicted octanol–water partition coefficient (Wildman–Crippen LogP) is 3.44. The third-order valence-corrected chi connectivity index (χ3v) is 5.20. The van der Waals surface area contributed by atoms with Crippen LogP contribution in [0.25, 0.3) is 22.0 Å². The highest BCUT2D eigenvalue weighted by Crippen LogP contribution is 2.25. The molecule has 27 heavy (non-hydrogen) atoms. The molecular weight excluding hydrogens is 336 g/mol. The summed E-state index contributed by atoms with van der Waals surface area (Å²) in [5, 5.41) is 16.5. The van der Waals surface area contributed by atoms with E-state index in [9.17, 15) is 4.79 Å². The summed E-state index contributed by atoms with van der Waals surface area (Å²) in [4.78, 5) is 15.7. The van der Waals surface area contributed by atoms with Gasteiger partial charge in [-0.25, -0.2) is 0 Å². The molecule has 3 aromatic rings. The predicted molar refractivity (Wildman–Crippen MR) is 106 cm³/mol. The van der Waals surface area contributed by atoms with Gasteiger partial charge in [0.25, 0.3) is 5.91 Å². The van der Waals surface area contributed by atoms with Crippen LogP contribution in [-0.2, 0) is 0 Å². The first-order valence-electron chi connectivity index (χ1n) is 9.35. The van der Waals surface area contributed by atoms with Gasteiger partial charge >= 0.3 is 0 Å². The highest BCUT2D eigenvalue weighted by molar-refractivity contribution is 5.98. The summed E-state index contributed by atoms with van der Waals surface area (Å²) in [5.74, 6) is 0.497. The molecule has 4 rings (SSSR count). The Morgan fingerprint density at radius 1 is 1.11 bits per heavy atom. The second-order valence-electron chi connectivity index (χ2n) is 7.08. The van der Waals surface area contributed by atoms with E-state index in [1.165, 1.54) is 0 Å². The van der Waals surface area contributed by atoms with Crippen LogP contribution in [-0.4, -0.2) is 30.5 Å². The Morgan fingerprint density at radius 3 is 2.74 bits per heavy atom. The molecule has 1 fully saturated rings. The molecule has 0 radical (unpaired) electrons. The Labute approximate surface area is 158 Å². The SMILES string of the molecule is N#Cc1cccc(-c2ccc3cc(C(=O)NCC4CCNCC4)[nH]c3c2)c1. The number of piperidine rings is 1. The van der Waals surface area contributed by atoms with Gasteiger partial charge in [0.1, 0.15) is 5.69 Å². The molecule has 0 spiro atoms. The molecule has 2 heterocycles. The van der Waals surface area contributed by atoms with Crippen LogP contribution in [0, 0.1) is 17.2 Å². The van der Waals surface area contributed by atoms with Gasteiger partial charge in [0, 0.05) is 17.4 Å². The smallest absolute Gasteiger partial charge is 0.267 e. The second kappa shape index (κ2) is 7.65. The number of benzene rings is 2. The van der Waals surface area contributed by atoms with Crippen LogP contribution in [0.3, 0.4) is 0 Å². The van der Waals surface area contributed by atoms with Crippen LogP contribution in [0.1, 0.15) is 28.9 Å². The Hall–Kier alpha value is -3.10. The van der Waals surface area contributed by atoms with Crippen molar-refractivity contribution in [3.63, 3.8) is 0 Å². The van der Waals surface area contributed by atoms with E-state index in [0.29, 0.717) is 17.2 Å². The van der Waals surface area contributed by atoms with Crippen LogP contribution >= 0.6 is 0 Å². The van der Waals surface area contributed by atoms with Gasteiger partial charge in [-0.2, -0.15) is 5.26 Å². The molecule has 0 bridgehead atoms. The summed E-state index contributed by atoms with van der Waals surface area (Å²) in [6.07, 6.45) is 2.22. The quantitative estimate of drug-likeness (QED) is 0.668. The Balaban J connectivity index is 1.51. The Bertz CT molecular complexity index is 1010. The number of amides is 1. The van der Waals surface area contributed by atoms with Gasteiger partial charge in [0.05, 0.1) is 11.6 Å². The monoisotopic (exact) mass is 358 g/mol. The van der Waals surface area contributed by atoms with E-state index >= 15 is 0 Å². The Morgan fingerprint density at radius 2 is 1.93 bits per heavy atom. The first-order chi connectivity index (χ1) is 13.2. The second-order valence-corrected chi connectivity index (χ2v) is 7.08. The summed E-state index contributed by atoms with van der Waals surface area (Å²) >= 11 is 0. The van der Waals surface area contributed by atoms with Gasteiger partial charge in [-0.05, 0) is 67.2 Å². The third-order valence-electron chi connectivity index (χ3n) is 5.20. The van der Waals surface area contributed by atoms with Gasteiger partial charge in [-0.1, -0.05) is 24.3 Å². The molecule has 1 aliphatic heterocycles. The number of aromatic nitrogens is 1. The van der Waals surface area contributed by atoms with E-state index < -0.39 is 0 Å². The maximum atomic E-state index is 12.5. The van der Waals surface area contributed by atoms with Crippen molar-refractivity contribution >= 4 is 16.8 Å². The number of aromatic amines is 1. The van der Waals surface area contributed by atoms with Gasteiger partial charge in [-0.15, -0.1) is 0 Å². The molecule has 1 aromatic heterocycles. The zero-order valence-electron chi connectivity index (χ0n) is 15.1. The minimum Gasteiger partial charge on any atom is -0.351 e. The van der Waals surface area contributed by atoms with Crippen molar-refractivity contribution in [3.05, 3.63) is 59.8 Å². The van der Waals surface area contributed by atoms with Crippen molar-refractivity contribution in [1.29, 1.82) is 5.26 Å². The van der Waals surface area contributed by atoms with Crippen LogP contribution in [0.4, 0.5) is 0 Å². The zero-order valence-corrected chi connectivity index (χ0v) is 15.1. The lowest BCUT2D eigenvalue weighted by atomic mass is 9.98. The van der Waals surface area contributed by atoms with E-state index in [2.05, 4.69) is 21.7 Å². The fourth-order valence-electron chi connectivity index (χ4n) is 3.62. The van der Waals surface area contributed by atoms with E-state index in [1.54, 1.807) is 6.07 Å². The molecule has 1 saturated heterocycles. The topological polar surface area (TPSA) is 80.7 Å². The fraction of sp³-hybridized carbons (Fsp3) is 0.273. The van der Waals surface area contributed by atoms with Crippen LogP contribution in [0.5, 0.6) is 0 Å². The molecule has 0 aliphatic carbocycles. The largest absolute Gasteiger partial charge is 0.351 e. The summed E-state index contributed by atoms with van der Waals surface area (Å²) in [7, 11) is 0. The number of nitrogens with zero attached hydrogens (tertiary/aromatic N) is 1. The summed E-state index contributed by atoms with van der Waals surface area (Å²) in [6, 6.07) is 17.6. The van der Waals surface area contributed by atoms with Crippen molar-refractivity contribution < 1.29 is 4.79 Å². The molecule has 5 heteroatoms. The molecule has 0 saturated carbocycles. The first kappa shape index (κ1) is 17.3. The normalized spacial score (nSPS) is 14.8. The number of carbonyl (C=O) groups excluding carboxylic acids is 1. The number of hydrogen-bond donors (Lipinski definition) is 3. The van der Waals surface area contributed by atoms with Crippen molar-refractivity contribution in [3.8, 4) is 17.2 Å². The molecule has 0 unspecified atom stereocenters. The summed E-state index contributed by atoms with van der Waals surface area (Å²) in [5.41, 5.74) is 4.14. The van der Waals surface area contributed by atoms with Crippen molar-refractivity contribution in [1.82, 2.24) is 15.6 Å². The molecule has 5 nitrogen and oxygen atoms in total. The summed E-state index contributed by atoms with van der Waals surface area (Å²) < 4.78 is 0. The number of carbonyl (C=O) groups is 1. The number of hydrogen-bond acceptors (Lipinski definition) is 3. The summed E-state index contributed by atoms with van der Waals surface area (Å²) in [6.45, 7) is 2.79. The van der Waals surface area contributed by atoms with Gasteiger partial charge in [-0.3, -0.25) is 4.79 Å². The van der Waals surface area contributed by atoms with E-state index in [4.69, 9.17) is 5.26 Å². The number of nitrogens with one attached hydrogen (secondary N) is 3. The molecule has 1 aliphatic rings. The number of rotatable bonds is 4. The number of nitriles is 1. The highest BCUT2D eigenvalue weighted by atomic mass is 16.1. The van der Waals surface area contributed by atoms with E-state index in [-0.39, 0.29) is 5.91 Å². The maximum Gasteiger partial charge on any atom is 0.267 e. The third kappa shape index (κ3) is 3.86. The molecule has 3 N–H and O–H groups in total. The standard InChI is InChI=1S/C22H22N4O/c23-13-16-2-1-3-17(10-16)18-4-5-19-12-21(26-20(19)11-18)22(27)25-14-15-6-8-24-9-7-15/h1-5,10-12,15,24,26H,6-9,14H2,(H,25,27). The lowest BCUT2D eigenvalue weighted by Crippen LogP contribution is -2.36. The lowest BCUT2D eigenvalue weighted by molar-refractivity contribution is 0.0940. The molecule has 1 amide bonds. The molecule has 0 atom stereocenters. The van der Waals surface area contributed by atoms with Gasteiger partial charge in [0.15, 0.2) is 0 Å². The zero-order chi connectivity index (χ0) is 18.6. The van der Waals surface area contributed by atoms with Gasteiger partial charge < -0.3 is 15.6 Å². The van der Waals surface area contributed by atoms with E-state index in [0.717, 1.165) is 54.5 Å². The fourth-order valence-corrected chi connectivity index (χ4v) is 3.62. The highest BCUT2D eigenvalue weighted by Gasteiger charge is 2.15. The van der Waals surface area contributed by atoms with Crippen LogP contribution in [0.2, 0.25) is 0 Å². The molecule has 136 valence electrons. The van der Waals surface area contributed by atoms with Gasteiger partial charge in [0.2, 0.25) is 0 Å². The maximum absolute atomic E-state index is 12.5. The Kier molecular flexibility index (Phi) is 4.91. The number of fused-ring (bicyclic) bond motifs is 1. The average Bonchev–Trinajstić information content (AvgIpc) is 3.16. The minimum absolute atomic E-state index is 0.0576. The van der Waals surface area contributed by atoms with Crippen molar-refractivity contribution in [2.45, 2.75) is 12.8 Å². The van der Waals surface area contributed by atoms with Crippen molar-refractivity contribution in [2.75, 3.05) is 19.6 Å². The lowest BCUT2D eigenvalue weighted by Gasteiger charge is -2.22. The van der Waals surface area contributed by atoms with Crippen LogP contribution in [0.15, 0.2) is 48.5 Å². The number of H-pyrrole nitrogens is 1. The van der Waals surface area contributed by atoms with E-state index in [1.807, 2.05) is 42.5 Å². The average molecular weight is 358 g/mol. The van der Waals surface area contributed by atoms with Crippen molar-refractivity contribution in [2.24, 2.45) is 5.92 Å². The first-order valence-corrected chi connectivity index (χ1v) is 9.35. The van der Waals surface area contributed by atoms with Crippen LogP contribution < -0.4 is 10.6 Å². The molecular formula is C22H22N4O. The molecule has 2 aromatic carbocycles. The minimum atomic E-state index is -0.0576.